The number of amides is 1. The Kier molecular flexibility index (Phi) is 5.19. The maximum absolute atomic E-state index is 14.3. The third-order valence-corrected chi connectivity index (χ3v) is 5.70. The molecule has 0 bridgehead atoms. The summed E-state index contributed by atoms with van der Waals surface area (Å²) in [6.07, 6.45) is -0.00401. The van der Waals surface area contributed by atoms with Gasteiger partial charge in [-0.15, -0.1) is 0 Å². The van der Waals surface area contributed by atoms with Gasteiger partial charge in [-0.2, -0.15) is 0 Å². The molecule has 8 heteroatoms. The zero-order chi connectivity index (χ0) is 19.7. The monoisotopic (exact) mass is 415 g/mol. The number of hydrogen-bond acceptors (Lipinski definition) is 4. The lowest BCUT2D eigenvalue weighted by Gasteiger charge is -2.24. The van der Waals surface area contributed by atoms with Crippen LogP contribution in [-0.2, 0) is 10.5 Å². The van der Waals surface area contributed by atoms with Gasteiger partial charge in [0.15, 0.2) is 5.16 Å². The third kappa shape index (κ3) is 3.81. The van der Waals surface area contributed by atoms with Gasteiger partial charge in [-0.3, -0.25) is 9.59 Å². The fourth-order valence-corrected chi connectivity index (χ4v) is 4.12. The van der Waals surface area contributed by atoms with Gasteiger partial charge in [-0.05, 0) is 29.3 Å². The van der Waals surface area contributed by atoms with Crippen molar-refractivity contribution in [3.63, 3.8) is 0 Å². The molecular formula is C20H15ClFN3O2S. The fraction of sp³-hybridized carbons (Fsp3) is 0.150. The molecule has 2 heterocycles. The summed E-state index contributed by atoms with van der Waals surface area (Å²) in [4.78, 5) is 32.0. The largest absolute Gasteiger partial charge is 0.310 e. The zero-order valence-corrected chi connectivity index (χ0v) is 16.1. The van der Waals surface area contributed by atoms with E-state index in [1.165, 1.54) is 17.8 Å². The zero-order valence-electron chi connectivity index (χ0n) is 14.5. The minimum atomic E-state index is -0.670. The number of aromatic nitrogens is 2. The molecule has 5 nitrogen and oxygen atoms in total. The smallest absolute Gasteiger partial charge is 0.257 e. The topological polar surface area (TPSA) is 74.8 Å². The molecule has 1 aromatic heterocycles. The normalized spacial score (nSPS) is 15.8. The molecule has 1 aliphatic heterocycles. The molecule has 0 aliphatic carbocycles. The molecule has 28 heavy (non-hydrogen) atoms. The predicted octanol–water partition coefficient (Wildman–Crippen LogP) is 4.33. The van der Waals surface area contributed by atoms with Gasteiger partial charge in [-0.1, -0.05) is 53.7 Å². The summed E-state index contributed by atoms with van der Waals surface area (Å²) in [5.41, 5.74) is 1.23. The molecule has 1 amide bonds. The van der Waals surface area contributed by atoms with Gasteiger partial charge < -0.3 is 10.3 Å². The molecule has 1 unspecified atom stereocenters. The second-order valence-corrected chi connectivity index (χ2v) is 7.78. The Bertz CT molecular complexity index is 1100. The van der Waals surface area contributed by atoms with Gasteiger partial charge in [0.2, 0.25) is 5.91 Å². The maximum atomic E-state index is 14.3. The summed E-state index contributed by atoms with van der Waals surface area (Å²) in [6, 6.07) is 13.5. The van der Waals surface area contributed by atoms with Crippen LogP contribution in [0, 0.1) is 5.82 Å². The van der Waals surface area contributed by atoms with Crippen molar-refractivity contribution in [2.24, 2.45) is 0 Å². The first-order valence-electron chi connectivity index (χ1n) is 8.57. The highest BCUT2D eigenvalue weighted by molar-refractivity contribution is 7.98. The number of nitrogens with one attached hydrogen (secondary N) is 2. The highest BCUT2D eigenvalue weighted by Gasteiger charge is 2.32. The lowest BCUT2D eigenvalue weighted by Crippen LogP contribution is -2.31. The van der Waals surface area contributed by atoms with Gasteiger partial charge in [0.25, 0.3) is 5.56 Å². The number of aromatic amines is 1. The van der Waals surface area contributed by atoms with Crippen LogP contribution in [0.15, 0.2) is 58.5 Å². The van der Waals surface area contributed by atoms with E-state index in [4.69, 9.17) is 11.6 Å². The Hall–Kier alpha value is -2.64. The molecule has 3 aromatic rings. The number of halogens is 2. The van der Waals surface area contributed by atoms with Crippen LogP contribution >= 0.6 is 23.4 Å². The number of H-pyrrole nitrogens is 1. The first-order valence-corrected chi connectivity index (χ1v) is 9.93. The summed E-state index contributed by atoms with van der Waals surface area (Å²) in [5, 5.41) is 3.67. The van der Waals surface area contributed by atoms with E-state index >= 15 is 0 Å². The number of thioether (sulfide) groups is 1. The van der Waals surface area contributed by atoms with Gasteiger partial charge in [0.05, 0.1) is 5.56 Å². The predicted molar refractivity (Wildman–Crippen MR) is 107 cm³/mol. The van der Waals surface area contributed by atoms with Crippen molar-refractivity contribution in [3.05, 3.63) is 86.4 Å². The van der Waals surface area contributed by atoms with Crippen molar-refractivity contribution in [3.8, 4) is 0 Å². The molecule has 0 radical (unpaired) electrons. The maximum Gasteiger partial charge on any atom is 0.257 e. The summed E-state index contributed by atoms with van der Waals surface area (Å²) >= 11 is 7.22. The highest BCUT2D eigenvalue weighted by Crippen LogP contribution is 2.35. The van der Waals surface area contributed by atoms with E-state index in [9.17, 15) is 14.0 Å². The van der Waals surface area contributed by atoms with Crippen molar-refractivity contribution in [2.75, 3.05) is 5.32 Å². The number of carbonyl (C=O) groups excluding carboxylic acids is 1. The number of anilines is 1. The quantitative estimate of drug-likeness (QED) is 0.491. The third-order valence-electron chi connectivity index (χ3n) is 4.50. The molecule has 0 saturated carbocycles. The summed E-state index contributed by atoms with van der Waals surface area (Å²) in [6.45, 7) is 0. The van der Waals surface area contributed by atoms with E-state index < -0.39 is 11.7 Å². The van der Waals surface area contributed by atoms with E-state index in [-0.39, 0.29) is 29.3 Å². The average Bonchev–Trinajstić information content (AvgIpc) is 2.67. The summed E-state index contributed by atoms with van der Waals surface area (Å²) < 4.78 is 14.3. The molecule has 2 aromatic carbocycles. The minimum Gasteiger partial charge on any atom is -0.310 e. The Morgan fingerprint density at radius 1 is 1.14 bits per heavy atom. The lowest BCUT2D eigenvalue weighted by atomic mass is 9.86. The van der Waals surface area contributed by atoms with Crippen LogP contribution in [0.5, 0.6) is 0 Å². The van der Waals surface area contributed by atoms with E-state index in [0.717, 1.165) is 5.56 Å². The van der Waals surface area contributed by atoms with E-state index in [1.807, 2.05) is 12.1 Å². The van der Waals surface area contributed by atoms with E-state index in [2.05, 4.69) is 15.3 Å². The molecule has 0 spiro atoms. The SMILES string of the molecule is O=C1CC(c2ccccc2F)c2c(nc(SCc3ccc(Cl)cc3)[nH]c2=O)N1. The average molecular weight is 416 g/mol. The van der Waals surface area contributed by atoms with Gasteiger partial charge >= 0.3 is 0 Å². The van der Waals surface area contributed by atoms with Crippen molar-refractivity contribution in [2.45, 2.75) is 23.2 Å². The van der Waals surface area contributed by atoms with E-state index in [1.54, 1.807) is 30.3 Å². The molecule has 2 N–H and O–H groups in total. The molecule has 0 saturated heterocycles. The van der Waals surface area contributed by atoms with Gasteiger partial charge in [-0.25, -0.2) is 9.37 Å². The number of hydrogen-bond donors (Lipinski definition) is 2. The van der Waals surface area contributed by atoms with Crippen LogP contribution in [0.25, 0.3) is 0 Å². The number of nitrogens with zero attached hydrogens (tertiary/aromatic N) is 1. The molecular weight excluding hydrogens is 401 g/mol. The molecule has 142 valence electrons. The van der Waals surface area contributed by atoms with Crippen molar-refractivity contribution in [1.82, 2.24) is 9.97 Å². The molecule has 0 fully saturated rings. The van der Waals surface area contributed by atoms with Crippen LogP contribution in [0.1, 0.15) is 29.0 Å². The fourth-order valence-electron chi connectivity index (χ4n) is 3.17. The first-order chi connectivity index (χ1) is 13.5. The number of carbonyl (C=O) groups is 1. The number of benzene rings is 2. The highest BCUT2D eigenvalue weighted by atomic mass is 35.5. The second-order valence-electron chi connectivity index (χ2n) is 6.37. The van der Waals surface area contributed by atoms with Crippen molar-refractivity contribution < 1.29 is 9.18 Å². The Balaban J connectivity index is 1.66. The molecule has 4 rings (SSSR count). The summed E-state index contributed by atoms with van der Waals surface area (Å²) in [5.74, 6) is -0.659. The number of rotatable bonds is 4. The van der Waals surface area contributed by atoms with Crippen molar-refractivity contribution >= 4 is 35.1 Å². The van der Waals surface area contributed by atoms with Gasteiger partial charge in [0.1, 0.15) is 11.6 Å². The molecule has 1 aliphatic rings. The lowest BCUT2D eigenvalue weighted by molar-refractivity contribution is -0.116. The standard InChI is InChI=1S/C20H15ClFN3O2S/c21-12-7-5-11(6-8-12)10-28-20-24-18-17(19(27)25-20)14(9-16(26)23-18)13-3-1-2-4-15(13)22/h1-8,14H,9-10H2,(H2,23,24,25,26,27). The Morgan fingerprint density at radius 2 is 1.89 bits per heavy atom. The van der Waals surface area contributed by atoms with Crippen LogP contribution in [-0.4, -0.2) is 15.9 Å². The van der Waals surface area contributed by atoms with Gasteiger partial charge in [0, 0.05) is 23.1 Å². The first kappa shape index (κ1) is 18.7. The Labute approximate surface area is 169 Å². The van der Waals surface area contributed by atoms with Crippen LogP contribution in [0.4, 0.5) is 10.2 Å². The van der Waals surface area contributed by atoms with Crippen LogP contribution in [0.2, 0.25) is 5.02 Å². The molecule has 1 atom stereocenters. The van der Waals surface area contributed by atoms with Crippen molar-refractivity contribution in [1.29, 1.82) is 0 Å². The summed E-state index contributed by atoms with van der Waals surface area (Å²) in [7, 11) is 0. The van der Waals surface area contributed by atoms with E-state index in [0.29, 0.717) is 21.5 Å². The van der Waals surface area contributed by atoms with Crippen LogP contribution in [0.3, 0.4) is 0 Å². The van der Waals surface area contributed by atoms with Crippen LogP contribution < -0.4 is 10.9 Å². The minimum absolute atomic E-state index is 0.00401. The number of fused-ring (bicyclic) bond motifs is 1. The Morgan fingerprint density at radius 3 is 2.64 bits per heavy atom. The second kappa shape index (κ2) is 7.77.